The number of carbonyl (C=O) groups is 3. The number of aliphatic carboxylic acids is 1. The second kappa shape index (κ2) is 8.86. The molecule has 0 saturated carbocycles. The van der Waals surface area contributed by atoms with Crippen molar-refractivity contribution in [3.63, 3.8) is 0 Å². The van der Waals surface area contributed by atoms with Gasteiger partial charge in [-0.3, -0.25) is 19.2 Å². The lowest BCUT2D eigenvalue weighted by Crippen LogP contribution is -2.71. The van der Waals surface area contributed by atoms with Gasteiger partial charge in [-0.25, -0.2) is 13.2 Å². The van der Waals surface area contributed by atoms with Gasteiger partial charge in [-0.05, 0) is 23.3 Å². The minimum Gasteiger partial charge on any atom is -0.477 e. The van der Waals surface area contributed by atoms with Crippen molar-refractivity contribution in [1.29, 1.82) is 0 Å². The molecule has 0 radical (unpaired) electrons. The molecule has 168 valence electrons. The molecule has 1 aromatic carbocycles. The summed E-state index contributed by atoms with van der Waals surface area (Å²) in [7, 11) is -2.06. The molecule has 2 aliphatic rings. The second-order valence-electron chi connectivity index (χ2n) is 7.06. The van der Waals surface area contributed by atoms with Gasteiger partial charge in [-0.15, -0.1) is 11.8 Å². The number of rotatable bonds is 8. The molecule has 0 aliphatic carbocycles. The third kappa shape index (κ3) is 4.84. The number of methoxy groups -OCH3 is 1. The highest BCUT2D eigenvalue weighted by Crippen LogP contribution is 2.40. The number of nitrogens with one attached hydrogen (secondary N) is 2. The number of carboxylic acids is 1. The molecule has 2 unspecified atom stereocenters. The molecule has 11 nitrogen and oxygen atoms in total. The van der Waals surface area contributed by atoms with Crippen molar-refractivity contribution in [2.75, 3.05) is 30.4 Å². The predicted molar refractivity (Wildman–Crippen MR) is 113 cm³/mol. The quantitative estimate of drug-likeness (QED) is 0.364. The molecule has 2 heterocycles. The van der Waals surface area contributed by atoms with Crippen molar-refractivity contribution in [1.82, 2.24) is 10.2 Å². The highest BCUT2D eigenvalue weighted by atomic mass is 32.2. The maximum absolute atomic E-state index is 12.6. The maximum atomic E-state index is 12.6. The number of ether oxygens (including phenoxy) is 1. The van der Waals surface area contributed by atoms with E-state index in [0.717, 1.165) is 11.2 Å². The number of amides is 2. The number of carboxylic acid groups (broad SMARTS) is 1. The molecule has 3 rings (SSSR count). The molecule has 2 amide bonds. The maximum Gasteiger partial charge on any atom is 0.352 e. The van der Waals surface area contributed by atoms with Crippen LogP contribution in [0.4, 0.5) is 5.69 Å². The Hall–Kier alpha value is -2.61. The summed E-state index contributed by atoms with van der Waals surface area (Å²) in [5.74, 6) is -2.07. The van der Waals surface area contributed by atoms with E-state index in [4.69, 9.17) is 10.5 Å². The van der Waals surface area contributed by atoms with Crippen molar-refractivity contribution >= 4 is 45.3 Å². The van der Waals surface area contributed by atoms with Gasteiger partial charge in [0.15, 0.2) is 0 Å². The number of anilines is 1. The summed E-state index contributed by atoms with van der Waals surface area (Å²) in [5, 5.41) is 11.5. The van der Waals surface area contributed by atoms with Crippen molar-refractivity contribution < 1.29 is 32.6 Å². The number of nitrogens with zero attached hydrogens (tertiary/aromatic N) is 1. The molecule has 5 N–H and O–H groups in total. The molecular weight excluding hydrogens is 448 g/mol. The van der Waals surface area contributed by atoms with Crippen molar-refractivity contribution in [2.24, 2.45) is 5.73 Å². The summed E-state index contributed by atoms with van der Waals surface area (Å²) in [6.07, 6.45) is 1.000. The van der Waals surface area contributed by atoms with E-state index in [1.54, 1.807) is 12.1 Å². The first kappa shape index (κ1) is 23.1. The third-order valence-electron chi connectivity index (χ3n) is 4.70. The standard InChI is InChI=1S/C18H22N4O7S2/c1-29-7-10-8-30-17-13(16(24)22(17)14(10)18(25)26)20-15(23)12(19)9-4-3-5-11(6-9)21-31(2,27)28/h3-6,12-13,17,21H,7-8,19H2,1-2H3,(H,20,23)(H,25,26)/t12?,13?,17-/m0/s1. The molecule has 0 bridgehead atoms. The van der Waals surface area contributed by atoms with E-state index in [0.29, 0.717) is 16.9 Å². The van der Waals surface area contributed by atoms with Crippen molar-refractivity contribution in [3.8, 4) is 0 Å². The Balaban J connectivity index is 1.72. The fraction of sp³-hybridized carbons (Fsp3) is 0.389. The zero-order valence-corrected chi connectivity index (χ0v) is 18.3. The van der Waals surface area contributed by atoms with Crippen LogP contribution in [0.3, 0.4) is 0 Å². The lowest BCUT2D eigenvalue weighted by molar-refractivity contribution is -0.151. The smallest absolute Gasteiger partial charge is 0.352 e. The molecule has 0 aromatic heterocycles. The fourth-order valence-electron chi connectivity index (χ4n) is 3.37. The highest BCUT2D eigenvalue weighted by molar-refractivity contribution is 8.00. The SMILES string of the molecule is COCC1=C(C(=O)O)N2C(=O)C(NC(=O)C(N)c3cccc(NS(C)(=O)=O)c3)[C@@H]2SC1. The minimum atomic E-state index is -3.50. The Labute approximate surface area is 183 Å². The van der Waals surface area contributed by atoms with Gasteiger partial charge in [-0.2, -0.15) is 0 Å². The monoisotopic (exact) mass is 470 g/mol. The summed E-state index contributed by atoms with van der Waals surface area (Å²) in [5.41, 5.74) is 6.97. The fourth-order valence-corrected chi connectivity index (χ4v) is 5.26. The molecule has 0 spiro atoms. The van der Waals surface area contributed by atoms with Crippen LogP contribution in [-0.2, 0) is 29.1 Å². The first-order chi connectivity index (χ1) is 14.5. The number of fused-ring (bicyclic) bond motifs is 1. The zero-order valence-electron chi connectivity index (χ0n) is 16.7. The van der Waals surface area contributed by atoms with Gasteiger partial charge in [0, 0.05) is 18.6 Å². The molecule has 3 atom stereocenters. The normalized spacial score (nSPS) is 21.8. The van der Waals surface area contributed by atoms with Gasteiger partial charge < -0.3 is 20.9 Å². The van der Waals surface area contributed by atoms with Gasteiger partial charge in [0.1, 0.15) is 23.2 Å². The molecule has 1 saturated heterocycles. The lowest BCUT2D eigenvalue weighted by Gasteiger charge is -2.49. The van der Waals surface area contributed by atoms with Crippen LogP contribution in [0.25, 0.3) is 0 Å². The third-order valence-corrected chi connectivity index (χ3v) is 6.64. The molecular formula is C18H22N4O7S2. The largest absolute Gasteiger partial charge is 0.477 e. The van der Waals surface area contributed by atoms with Crippen LogP contribution < -0.4 is 15.8 Å². The van der Waals surface area contributed by atoms with E-state index < -0.39 is 45.3 Å². The molecule has 13 heteroatoms. The van der Waals surface area contributed by atoms with Crippen LogP contribution in [0.15, 0.2) is 35.5 Å². The molecule has 2 aliphatic heterocycles. The summed E-state index contributed by atoms with van der Waals surface area (Å²) in [6, 6.07) is 3.97. The Morgan fingerprint density at radius 1 is 1.42 bits per heavy atom. The van der Waals surface area contributed by atoms with Crippen LogP contribution in [0.1, 0.15) is 11.6 Å². The highest BCUT2D eigenvalue weighted by Gasteiger charge is 2.54. The van der Waals surface area contributed by atoms with Crippen molar-refractivity contribution in [2.45, 2.75) is 17.5 Å². The molecule has 1 fully saturated rings. The van der Waals surface area contributed by atoms with Gasteiger partial charge in [-0.1, -0.05) is 12.1 Å². The van der Waals surface area contributed by atoms with E-state index in [2.05, 4.69) is 10.0 Å². The van der Waals surface area contributed by atoms with Gasteiger partial charge in [0.25, 0.3) is 5.91 Å². The van der Waals surface area contributed by atoms with Gasteiger partial charge in [0.2, 0.25) is 15.9 Å². The number of nitrogens with two attached hydrogens (primary N) is 1. The predicted octanol–water partition coefficient (Wildman–Crippen LogP) is -0.557. The summed E-state index contributed by atoms with van der Waals surface area (Å²) >= 11 is 1.32. The Bertz CT molecular complexity index is 1060. The Kier molecular flexibility index (Phi) is 6.59. The number of sulfonamides is 1. The van der Waals surface area contributed by atoms with Crippen LogP contribution in [0.5, 0.6) is 0 Å². The average Bonchev–Trinajstić information content (AvgIpc) is 2.69. The first-order valence-electron chi connectivity index (χ1n) is 9.06. The van der Waals surface area contributed by atoms with Crippen LogP contribution in [0.2, 0.25) is 0 Å². The van der Waals surface area contributed by atoms with Gasteiger partial charge >= 0.3 is 5.97 Å². The van der Waals surface area contributed by atoms with Crippen LogP contribution in [0, 0.1) is 0 Å². The van der Waals surface area contributed by atoms with Gasteiger partial charge in [0.05, 0.1) is 12.9 Å². The topological polar surface area (TPSA) is 168 Å². The van der Waals surface area contributed by atoms with Crippen LogP contribution in [-0.4, -0.2) is 73.3 Å². The summed E-state index contributed by atoms with van der Waals surface area (Å²) < 4.78 is 30.1. The number of β-lactam (4-membered cyclic amide) rings is 1. The molecule has 31 heavy (non-hydrogen) atoms. The zero-order chi connectivity index (χ0) is 22.9. The van der Waals surface area contributed by atoms with E-state index >= 15 is 0 Å². The number of hydrogen-bond acceptors (Lipinski definition) is 8. The number of carbonyl (C=O) groups excluding carboxylic acids is 2. The second-order valence-corrected chi connectivity index (χ2v) is 9.92. The number of benzene rings is 1. The lowest BCUT2D eigenvalue weighted by atomic mass is 10.0. The summed E-state index contributed by atoms with van der Waals surface area (Å²) in [4.78, 5) is 38.1. The van der Waals surface area contributed by atoms with Crippen LogP contribution >= 0.6 is 11.8 Å². The van der Waals surface area contributed by atoms with E-state index in [9.17, 15) is 27.9 Å². The van der Waals surface area contributed by atoms with E-state index in [1.165, 1.54) is 31.0 Å². The minimum absolute atomic E-state index is 0.0882. The van der Waals surface area contributed by atoms with E-state index in [-0.39, 0.29) is 18.0 Å². The molecule has 1 aromatic rings. The number of hydrogen-bond donors (Lipinski definition) is 4. The summed E-state index contributed by atoms with van der Waals surface area (Å²) in [6.45, 7) is 0.0882. The first-order valence-corrected chi connectivity index (χ1v) is 12.0. The van der Waals surface area contributed by atoms with E-state index in [1.807, 2.05) is 0 Å². The Morgan fingerprint density at radius 2 is 2.13 bits per heavy atom. The Morgan fingerprint density at radius 3 is 2.74 bits per heavy atom. The number of thioether (sulfide) groups is 1. The van der Waals surface area contributed by atoms with Crippen molar-refractivity contribution in [3.05, 3.63) is 41.1 Å². The average molecular weight is 471 g/mol.